The summed E-state index contributed by atoms with van der Waals surface area (Å²) >= 11 is 6.48. The number of hydrazone groups is 1. The molecule has 9 aliphatic rings. The van der Waals surface area contributed by atoms with Crippen molar-refractivity contribution in [3.8, 4) is 0 Å². The molecule has 3 aromatic rings. The molecule has 7 nitrogen and oxygen atoms in total. The van der Waals surface area contributed by atoms with Gasteiger partial charge >= 0.3 is 0 Å². The maximum absolute atomic E-state index is 14.7. The van der Waals surface area contributed by atoms with E-state index < -0.39 is 17.3 Å². The standard InChI is InChI=1S/C37H28ClN3O4/c1-17-10-11-18(14-27(17)38)40-33(42)31-28-21-6-2-4-8-25(21)37(32(31)36(40)45,26-9-5-3-7-22(26)28)16-39-41-34(43)29-19-12-13-20(24-15-23(19)24)30(29)35(41)44/h2-14,16,19-20,23-24,28-32H,15H2,1H3/b39-16-/t19-,20-,23-,24+,28?,29+,30+,31+,32+,37?/m0/s1. The van der Waals surface area contributed by atoms with Crippen molar-refractivity contribution in [3.05, 3.63) is 112 Å². The molecular weight excluding hydrogens is 586 g/mol. The lowest BCUT2D eigenvalue weighted by Gasteiger charge is -2.52. The van der Waals surface area contributed by atoms with Crippen LogP contribution in [-0.4, -0.2) is 34.9 Å². The molecule has 0 N–H and O–H groups in total. The van der Waals surface area contributed by atoms with Crippen LogP contribution in [0.3, 0.4) is 0 Å². The Morgan fingerprint density at radius 3 is 1.98 bits per heavy atom. The predicted octanol–water partition coefficient (Wildman–Crippen LogP) is 5.24. The molecule has 2 saturated carbocycles. The minimum atomic E-state index is -1.17. The molecule has 0 spiro atoms. The summed E-state index contributed by atoms with van der Waals surface area (Å²) in [4.78, 5) is 58.2. The highest BCUT2D eigenvalue weighted by Gasteiger charge is 2.69. The molecule has 0 aromatic heterocycles. The molecule has 222 valence electrons. The molecule has 0 unspecified atom stereocenters. The number of rotatable bonds is 3. The number of amides is 4. The minimum Gasteiger partial charge on any atom is -0.274 e. The van der Waals surface area contributed by atoms with Crippen molar-refractivity contribution in [1.82, 2.24) is 5.01 Å². The third-order valence-electron chi connectivity index (χ3n) is 12.1. The smallest absolute Gasteiger partial charge is 0.254 e. The molecule has 0 radical (unpaired) electrons. The Hall–Kier alpha value is -4.36. The highest BCUT2D eigenvalue weighted by Crippen LogP contribution is 2.66. The van der Waals surface area contributed by atoms with Crippen molar-refractivity contribution in [2.24, 2.45) is 52.4 Å². The van der Waals surface area contributed by atoms with Gasteiger partial charge in [-0.1, -0.05) is 78.4 Å². The highest BCUT2D eigenvalue weighted by atomic mass is 35.5. The molecule has 8 heteroatoms. The summed E-state index contributed by atoms with van der Waals surface area (Å²) in [6.45, 7) is 1.88. The predicted molar refractivity (Wildman–Crippen MR) is 166 cm³/mol. The summed E-state index contributed by atoms with van der Waals surface area (Å²) in [7, 11) is 0. The van der Waals surface area contributed by atoms with E-state index in [1.807, 2.05) is 61.5 Å². The zero-order chi connectivity index (χ0) is 30.5. The first-order valence-corrected chi connectivity index (χ1v) is 16.1. The van der Waals surface area contributed by atoms with E-state index in [-0.39, 0.29) is 53.2 Å². The van der Waals surface area contributed by atoms with Gasteiger partial charge in [0.25, 0.3) is 11.8 Å². The van der Waals surface area contributed by atoms with Crippen LogP contribution in [0.25, 0.3) is 0 Å². The first-order valence-electron chi connectivity index (χ1n) is 15.8. The molecule has 12 rings (SSSR count). The number of anilines is 1. The molecule has 4 bridgehead atoms. The van der Waals surface area contributed by atoms with Crippen molar-refractivity contribution in [3.63, 3.8) is 0 Å². The molecule has 4 fully saturated rings. The van der Waals surface area contributed by atoms with E-state index in [0.717, 1.165) is 39.2 Å². The monoisotopic (exact) mass is 613 g/mol. The molecule has 7 aliphatic carbocycles. The second-order valence-corrected chi connectivity index (χ2v) is 14.3. The van der Waals surface area contributed by atoms with Gasteiger partial charge in [-0.3, -0.25) is 19.2 Å². The van der Waals surface area contributed by atoms with Gasteiger partial charge in [0.15, 0.2) is 0 Å². The van der Waals surface area contributed by atoms with E-state index in [1.54, 1.807) is 18.3 Å². The summed E-state index contributed by atoms with van der Waals surface area (Å²) in [5, 5.41) is 6.32. The fourth-order valence-corrected chi connectivity index (χ4v) is 10.4. The van der Waals surface area contributed by atoms with Gasteiger partial charge in [0.05, 0.1) is 34.8 Å². The second kappa shape index (κ2) is 8.46. The number of nitrogens with zero attached hydrogens (tertiary/aromatic N) is 3. The van der Waals surface area contributed by atoms with E-state index in [9.17, 15) is 19.2 Å². The summed E-state index contributed by atoms with van der Waals surface area (Å²) in [6, 6.07) is 21.0. The average Bonchev–Trinajstić information content (AvgIpc) is 3.79. The molecular formula is C37H28ClN3O4. The molecule has 45 heavy (non-hydrogen) atoms. The van der Waals surface area contributed by atoms with Crippen LogP contribution in [0.4, 0.5) is 5.69 Å². The Kier molecular flexibility index (Phi) is 4.87. The topological polar surface area (TPSA) is 87.1 Å². The van der Waals surface area contributed by atoms with Crippen LogP contribution in [-0.2, 0) is 24.6 Å². The number of carbonyl (C=O) groups excluding carboxylic acids is 4. The number of hydrogen-bond acceptors (Lipinski definition) is 5. The van der Waals surface area contributed by atoms with Crippen molar-refractivity contribution in [1.29, 1.82) is 0 Å². The van der Waals surface area contributed by atoms with Gasteiger partial charge in [0.2, 0.25) is 11.8 Å². The van der Waals surface area contributed by atoms with Crippen LogP contribution >= 0.6 is 11.6 Å². The number of carbonyl (C=O) groups is 4. The molecule has 4 amide bonds. The van der Waals surface area contributed by atoms with Crippen LogP contribution in [0, 0.1) is 54.3 Å². The van der Waals surface area contributed by atoms with Gasteiger partial charge in [0, 0.05) is 17.2 Å². The zero-order valence-corrected chi connectivity index (χ0v) is 25.1. The molecule has 8 atom stereocenters. The van der Waals surface area contributed by atoms with Crippen LogP contribution in [0.1, 0.15) is 40.2 Å². The van der Waals surface area contributed by atoms with Gasteiger partial charge in [-0.25, -0.2) is 4.90 Å². The molecule has 2 heterocycles. The molecule has 2 saturated heterocycles. The normalized spacial score (nSPS) is 37.7. The first-order chi connectivity index (χ1) is 21.8. The molecule has 3 aromatic carbocycles. The number of imide groups is 2. The van der Waals surface area contributed by atoms with E-state index in [1.165, 1.54) is 4.90 Å². The van der Waals surface area contributed by atoms with Gasteiger partial charge in [-0.15, -0.1) is 0 Å². The quantitative estimate of drug-likeness (QED) is 0.230. The Morgan fingerprint density at radius 2 is 1.38 bits per heavy atom. The van der Waals surface area contributed by atoms with Crippen LogP contribution in [0.15, 0.2) is 84.0 Å². The lowest BCUT2D eigenvalue weighted by atomic mass is 9.47. The number of benzene rings is 3. The van der Waals surface area contributed by atoms with Crippen molar-refractivity contribution < 1.29 is 19.2 Å². The van der Waals surface area contributed by atoms with Crippen LogP contribution in [0.5, 0.6) is 0 Å². The number of halogens is 1. The Morgan fingerprint density at radius 1 is 0.778 bits per heavy atom. The number of aryl methyl sites for hydroxylation is 1. The lowest BCUT2D eigenvalue weighted by Crippen LogP contribution is -2.55. The minimum absolute atomic E-state index is 0.0830. The SMILES string of the molecule is Cc1ccc(N2C(=O)[C@@H]3C4c5ccccc5C(/C=N\N5C(=O)[C@@H]6[C@H]7C=C[C@@H]([C@@H]8C[C@H]78)[C@H]6C5=O)(c5ccccc54)[C@H]3C2=O)cc1Cl. The fraction of sp³-hybridized carbons (Fsp3) is 0.324. The Bertz CT molecular complexity index is 1920. The average molecular weight is 614 g/mol. The fourth-order valence-electron chi connectivity index (χ4n) is 10.2. The molecule has 2 aliphatic heterocycles. The second-order valence-electron chi connectivity index (χ2n) is 13.9. The largest absolute Gasteiger partial charge is 0.274 e. The van der Waals surface area contributed by atoms with E-state index in [0.29, 0.717) is 22.5 Å². The first kappa shape index (κ1) is 25.9. The van der Waals surface area contributed by atoms with Crippen LogP contribution in [0.2, 0.25) is 5.02 Å². The summed E-state index contributed by atoms with van der Waals surface area (Å²) in [5.41, 5.74) is 3.79. The van der Waals surface area contributed by atoms with Crippen molar-refractivity contribution in [2.75, 3.05) is 4.90 Å². The maximum atomic E-state index is 14.7. The summed E-state index contributed by atoms with van der Waals surface area (Å²) in [5.74, 6) is -2.58. The van der Waals surface area contributed by atoms with Crippen molar-refractivity contribution >= 4 is 47.1 Å². The van der Waals surface area contributed by atoms with Crippen LogP contribution < -0.4 is 4.90 Å². The number of allylic oxidation sites excluding steroid dienone is 2. The zero-order valence-electron chi connectivity index (χ0n) is 24.3. The van der Waals surface area contributed by atoms with E-state index >= 15 is 0 Å². The van der Waals surface area contributed by atoms with Gasteiger partial charge < -0.3 is 0 Å². The van der Waals surface area contributed by atoms with Crippen molar-refractivity contribution in [2.45, 2.75) is 24.7 Å². The Labute approximate surface area is 264 Å². The third kappa shape index (κ3) is 2.96. The van der Waals surface area contributed by atoms with Gasteiger partial charge in [0.1, 0.15) is 0 Å². The maximum Gasteiger partial charge on any atom is 0.254 e. The number of hydrogen-bond donors (Lipinski definition) is 0. The third-order valence-corrected chi connectivity index (χ3v) is 12.5. The van der Waals surface area contributed by atoms with Gasteiger partial charge in [-0.2, -0.15) is 10.1 Å². The summed E-state index contributed by atoms with van der Waals surface area (Å²) < 4.78 is 0. The van der Waals surface area contributed by atoms with E-state index in [4.69, 9.17) is 16.7 Å². The van der Waals surface area contributed by atoms with Gasteiger partial charge in [-0.05, 0) is 77.0 Å². The summed E-state index contributed by atoms with van der Waals surface area (Å²) in [6.07, 6.45) is 7.02. The lowest BCUT2D eigenvalue weighted by molar-refractivity contribution is -0.140. The van der Waals surface area contributed by atoms with E-state index in [2.05, 4.69) is 12.2 Å². The highest BCUT2D eigenvalue weighted by molar-refractivity contribution is 6.32. The Balaban J connectivity index is 1.15.